The zero-order valence-corrected chi connectivity index (χ0v) is 31.3. The molecule has 0 bridgehead atoms. The number of hydrogen-bond donors (Lipinski definition) is 0. The molecule has 0 N–H and O–H groups in total. The first-order valence-electron chi connectivity index (χ1n) is 19.9. The molecule has 268 valence electrons. The zero-order valence-electron chi connectivity index (χ0n) is 31.3. The van der Waals surface area contributed by atoms with Crippen molar-refractivity contribution in [1.82, 2.24) is 0 Å². The van der Waals surface area contributed by atoms with Crippen LogP contribution >= 0.6 is 0 Å². The molecule has 2 heteroatoms. The van der Waals surface area contributed by atoms with Crippen molar-refractivity contribution in [1.29, 1.82) is 0 Å². The van der Waals surface area contributed by atoms with Crippen molar-refractivity contribution >= 4 is 53.9 Å². The third-order valence-corrected chi connectivity index (χ3v) is 12.5. The van der Waals surface area contributed by atoms with Crippen molar-refractivity contribution in [2.45, 2.75) is 0 Å². The summed E-state index contributed by atoms with van der Waals surface area (Å²) in [6, 6.07) is 70.4. The molecule has 0 aromatic heterocycles. The van der Waals surface area contributed by atoms with Gasteiger partial charge in [0.1, 0.15) is 23.0 Å². The highest BCUT2D eigenvalue weighted by Crippen LogP contribution is 2.54. The topological polar surface area (TPSA) is 18.5 Å². The molecule has 2 aliphatic rings. The molecule has 0 amide bonds. The fourth-order valence-corrected chi connectivity index (χ4v) is 10.00. The van der Waals surface area contributed by atoms with Crippen LogP contribution < -0.4 is 9.47 Å². The number of fused-ring (bicyclic) bond motifs is 7. The van der Waals surface area contributed by atoms with Crippen molar-refractivity contribution in [3.8, 4) is 78.6 Å². The largest absolute Gasteiger partial charge is 0.456 e. The SMILES string of the molecule is c1ccc2c(c1)Oc1cccc3c(-c4c5ccccc5c(-c5ccc6c7c(cccc57)Oc5ccccc5-6)c5cc(-c6cccc7ccccc67)ccc45)ccc-2c13. The fraction of sp³-hybridized carbons (Fsp3) is 0. The van der Waals surface area contributed by atoms with Gasteiger partial charge in [-0.05, 0) is 118 Å². The number of ether oxygens (including phenoxy) is 2. The molecule has 2 heterocycles. The van der Waals surface area contributed by atoms with Gasteiger partial charge in [0.2, 0.25) is 0 Å². The molecule has 0 saturated carbocycles. The Kier molecular flexibility index (Phi) is 6.47. The van der Waals surface area contributed by atoms with Gasteiger partial charge in [-0.1, -0.05) is 164 Å². The molecule has 13 rings (SSSR count). The number of hydrogen-bond acceptors (Lipinski definition) is 2. The first-order valence-corrected chi connectivity index (χ1v) is 19.9. The predicted octanol–water partition coefficient (Wildman–Crippen LogP) is 16.0. The summed E-state index contributed by atoms with van der Waals surface area (Å²) < 4.78 is 13.2. The van der Waals surface area contributed by atoms with Gasteiger partial charge in [0.05, 0.1) is 0 Å². The van der Waals surface area contributed by atoms with Gasteiger partial charge in [0.25, 0.3) is 0 Å². The molecule has 0 aliphatic carbocycles. The summed E-state index contributed by atoms with van der Waals surface area (Å²) in [5, 5.41) is 12.0. The maximum absolute atomic E-state index is 6.60. The van der Waals surface area contributed by atoms with Gasteiger partial charge in [-0.25, -0.2) is 0 Å². The van der Waals surface area contributed by atoms with E-state index < -0.39 is 0 Å². The summed E-state index contributed by atoms with van der Waals surface area (Å²) in [4.78, 5) is 0. The molecule has 0 unspecified atom stereocenters. The second-order valence-corrected chi connectivity index (χ2v) is 15.5. The Balaban J connectivity index is 1.17. The Bertz CT molecular complexity index is 3570. The summed E-state index contributed by atoms with van der Waals surface area (Å²) in [6.45, 7) is 0. The number of benzene rings is 11. The minimum absolute atomic E-state index is 0.891. The lowest BCUT2D eigenvalue weighted by Crippen LogP contribution is -1.99. The van der Waals surface area contributed by atoms with E-state index >= 15 is 0 Å². The van der Waals surface area contributed by atoms with Crippen molar-refractivity contribution < 1.29 is 9.47 Å². The van der Waals surface area contributed by atoms with Crippen LogP contribution in [-0.2, 0) is 0 Å². The Morgan fingerprint density at radius 3 is 1.31 bits per heavy atom. The van der Waals surface area contributed by atoms with Crippen molar-refractivity contribution in [3.05, 3.63) is 194 Å². The first-order chi connectivity index (χ1) is 28.8. The highest BCUT2D eigenvalue weighted by Gasteiger charge is 2.26. The fourth-order valence-electron chi connectivity index (χ4n) is 10.00. The molecular formula is C56H32O2. The van der Waals surface area contributed by atoms with Gasteiger partial charge < -0.3 is 9.47 Å². The lowest BCUT2D eigenvalue weighted by Gasteiger charge is -2.25. The van der Waals surface area contributed by atoms with Crippen molar-refractivity contribution in [3.63, 3.8) is 0 Å². The van der Waals surface area contributed by atoms with Gasteiger partial charge in [-0.15, -0.1) is 0 Å². The maximum Gasteiger partial charge on any atom is 0.135 e. The predicted molar refractivity (Wildman–Crippen MR) is 241 cm³/mol. The van der Waals surface area contributed by atoms with Gasteiger partial charge in [0.15, 0.2) is 0 Å². The maximum atomic E-state index is 6.60. The van der Waals surface area contributed by atoms with E-state index in [2.05, 4.69) is 182 Å². The third kappa shape index (κ3) is 4.37. The highest BCUT2D eigenvalue weighted by atomic mass is 16.5. The van der Waals surface area contributed by atoms with Crippen LogP contribution in [0.3, 0.4) is 0 Å². The summed E-state index contributed by atoms with van der Waals surface area (Å²) in [6.07, 6.45) is 0. The van der Waals surface area contributed by atoms with Crippen LogP contribution in [0, 0.1) is 0 Å². The van der Waals surface area contributed by atoms with Crippen LogP contribution in [0.15, 0.2) is 194 Å². The molecule has 0 spiro atoms. The number of rotatable bonds is 3. The molecular weight excluding hydrogens is 705 g/mol. The van der Waals surface area contributed by atoms with Crippen molar-refractivity contribution in [2.75, 3.05) is 0 Å². The summed E-state index contributed by atoms with van der Waals surface area (Å²) in [7, 11) is 0. The summed E-state index contributed by atoms with van der Waals surface area (Å²) in [5.41, 5.74) is 11.9. The molecule has 0 fully saturated rings. The molecule has 0 atom stereocenters. The van der Waals surface area contributed by atoms with Crippen LogP contribution in [0.4, 0.5) is 0 Å². The minimum Gasteiger partial charge on any atom is -0.456 e. The lowest BCUT2D eigenvalue weighted by molar-refractivity contribution is 0.487. The van der Waals surface area contributed by atoms with Gasteiger partial charge in [0, 0.05) is 21.9 Å². The van der Waals surface area contributed by atoms with Crippen LogP contribution in [0.2, 0.25) is 0 Å². The summed E-state index contributed by atoms with van der Waals surface area (Å²) in [5.74, 6) is 3.57. The van der Waals surface area contributed by atoms with Crippen LogP contribution in [0.1, 0.15) is 0 Å². The van der Waals surface area contributed by atoms with Crippen LogP contribution in [0.25, 0.3) is 109 Å². The molecule has 0 radical (unpaired) electrons. The molecule has 11 aromatic carbocycles. The molecule has 2 nitrogen and oxygen atoms in total. The van der Waals surface area contributed by atoms with E-state index in [1.165, 1.54) is 87.6 Å². The van der Waals surface area contributed by atoms with Crippen LogP contribution in [-0.4, -0.2) is 0 Å². The third-order valence-electron chi connectivity index (χ3n) is 12.5. The zero-order chi connectivity index (χ0) is 37.9. The first kappa shape index (κ1) is 31.5. The quantitative estimate of drug-likeness (QED) is 0.168. The lowest BCUT2D eigenvalue weighted by atomic mass is 9.81. The smallest absolute Gasteiger partial charge is 0.135 e. The Hall–Kier alpha value is -7.68. The molecule has 2 aliphatic heterocycles. The van der Waals surface area contributed by atoms with Gasteiger partial charge >= 0.3 is 0 Å². The van der Waals surface area contributed by atoms with E-state index in [4.69, 9.17) is 9.47 Å². The number of para-hydroxylation sites is 2. The molecule has 11 aromatic rings. The minimum atomic E-state index is 0.891. The standard InChI is InChI=1S/C56H32O2/c1-2-14-35-33(12-1)13-9-19-36(35)34-26-27-47-48(32-34)54(46-31-29-44-38-16-6-8-23-50(38)58-52-25-11-21-42(46)56(44)52)40-18-4-3-17-39(40)53(47)45-30-28-43-37-15-5-7-22-49(37)57-51-24-10-20-41(45)55(43)51/h1-32H. The van der Waals surface area contributed by atoms with Crippen molar-refractivity contribution in [2.24, 2.45) is 0 Å². The van der Waals surface area contributed by atoms with E-state index in [1.54, 1.807) is 0 Å². The van der Waals surface area contributed by atoms with E-state index in [-0.39, 0.29) is 0 Å². The normalized spacial score (nSPS) is 12.4. The van der Waals surface area contributed by atoms with E-state index in [0.29, 0.717) is 0 Å². The second-order valence-electron chi connectivity index (χ2n) is 15.5. The summed E-state index contributed by atoms with van der Waals surface area (Å²) >= 11 is 0. The van der Waals surface area contributed by atoms with E-state index in [0.717, 1.165) is 44.9 Å². The molecule has 58 heavy (non-hydrogen) atoms. The monoisotopic (exact) mass is 736 g/mol. The highest BCUT2D eigenvalue weighted by molar-refractivity contribution is 6.27. The van der Waals surface area contributed by atoms with Crippen LogP contribution in [0.5, 0.6) is 23.0 Å². The van der Waals surface area contributed by atoms with E-state index in [1.807, 2.05) is 12.1 Å². The van der Waals surface area contributed by atoms with Gasteiger partial charge in [-0.2, -0.15) is 0 Å². The second kappa shape index (κ2) is 11.9. The Labute approximate surface area is 334 Å². The average molecular weight is 737 g/mol. The van der Waals surface area contributed by atoms with Gasteiger partial charge in [-0.3, -0.25) is 0 Å². The molecule has 0 saturated heterocycles. The Morgan fingerprint density at radius 2 is 0.672 bits per heavy atom. The Morgan fingerprint density at radius 1 is 0.241 bits per heavy atom. The van der Waals surface area contributed by atoms with E-state index in [9.17, 15) is 0 Å². The average Bonchev–Trinajstić information content (AvgIpc) is 3.28.